The third-order valence-corrected chi connectivity index (χ3v) is 5.24. The summed E-state index contributed by atoms with van der Waals surface area (Å²) in [6.45, 7) is 10.8. The number of anilines is 1. The zero-order valence-electron chi connectivity index (χ0n) is 18.2. The summed E-state index contributed by atoms with van der Waals surface area (Å²) in [4.78, 5) is 12.0. The molecule has 0 saturated carbocycles. The highest BCUT2D eigenvalue weighted by Crippen LogP contribution is 2.40. The number of allylic oxidation sites excluding steroid dienone is 9. The van der Waals surface area contributed by atoms with E-state index in [-0.39, 0.29) is 17.1 Å². The quantitative estimate of drug-likeness (QED) is 0.399. The SMILES string of the molecule is CC(C=CC1=C(C)CCCC1(C)C)=CC=CC(C)=CC(=O)Nc1ccc(F)cc1. The van der Waals surface area contributed by atoms with Crippen LogP contribution in [0, 0.1) is 11.2 Å². The first-order valence-electron chi connectivity index (χ1n) is 10.2. The average Bonchev–Trinajstić information content (AvgIpc) is 2.62. The van der Waals surface area contributed by atoms with Crippen molar-refractivity contribution in [2.45, 2.75) is 53.9 Å². The van der Waals surface area contributed by atoms with Crippen LogP contribution in [0.3, 0.4) is 0 Å². The fourth-order valence-corrected chi connectivity index (χ4v) is 3.60. The molecule has 0 aromatic heterocycles. The van der Waals surface area contributed by atoms with Gasteiger partial charge in [0, 0.05) is 11.8 Å². The van der Waals surface area contributed by atoms with Crippen molar-refractivity contribution in [1.29, 1.82) is 0 Å². The molecule has 0 atom stereocenters. The molecule has 2 nitrogen and oxygen atoms in total. The van der Waals surface area contributed by atoms with E-state index in [1.165, 1.54) is 60.8 Å². The van der Waals surface area contributed by atoms with Gasteiger partial charge in [0.1, 0.15) is 5.82 Å². The minimum absolute atomic E-state index is 0.235. The van der Waals surface area contributed by atoms with Gasteiger partial charge in [-0.1, -0.05) is 55.4 Å². The van der Waals surface area contributed by atoms with E-state index in [0.717, 1.165) is 11.1 Å². The fourth-order valence-electron chi connectivity index (χ4n) is 3.60. The van der Waals surface area contributed by atoms with Gasteiger partial charge in [-0.3, -0.25) is 4.79 Å². The topological polar surface area (TPSA) is 29.1 Å². The number of rotatable bonds is 6. The van der Waals surface area contributed by atoms with E-state index in [1.807, 2.05) is 25.2 Å². The maximum atomic E-state index is 12.9. The third-order valence-electron chi connectivity index (χ3n) is 5.24. The Bertz CT molecular complexity index is 880. The minimum Gasteiger partial charge on any atom is -0.323 e. The molecule has 0 aliphatic heterocycles. The molecule has 1 aliphatic rings. The molecule has 0 heterocycles. The minimum atomic E-state index is -0.327. The Morgan fingerprint density at radius 3 is 2.45 bits per heavy atom. The van der Waals surface area contributed by atoms with Crippen LogP contribution >= 0.6 is 0 Å². The average molecular weight is 394 g/mol. The van der Waals surface area contributed by atoms with E-state index >= 15 is 0 Å². The molecule has 1 amide bonds. The normalized spacial score (nSPS) is 18.0. The molecule has 29 heavy (non-hydrogen) atoms. The standard InChI is InChI=1S/C26H32FNO/c1-19(11-16-24-21(3)10-7-17-26(24,4)5)8-6-9-20(2)18-25(29)28-23-14-12-22(27)13-15-23/h6,8-9,11-16,18H,7,10,17H2,1-5H3,(H,28,29). The summed E-state index contributed by atoms with van der Waals surface area (Å²) < 4.78 is 12.9. The van der Waals surface area contributed by atoms with Gasteiger partial charge in [0.15, 0.2) is 0 Å². The van der Waals surface area contributed by atoms with Gasteiger partial charge in [-0.25, -0.2) is 4.39 Å². The molecule has 0 radical (unpaired) electrons. The number of amides is 1. The van der Waals surface area contributed by atoms with Crippen LogP contribution in [0.1, 0.15) is 53.9 Å². The summed E-state index contributed by atoms with van der Waals surface area (Å²) in [5.41, 5.74) is 5.75. The summed E-state index contributed by atoms with van der Waals surface area (Å²) in [5.74, 6) is -0.561. The van der Waals surface area contributed by atoms with Crippen molar-refractivity contribution in [3.63, 3.8) is 0 Å². The highest BCUT2D eigenvalue weighted by atomic mass is 19.1. The van der Waals surface area contributed by atoms with Crippen LogP contribution in [0.25, 0.3) is 0 Å². The van der Waals surface area contributed by atoms with Gasteiger partial charge in [0.25, 0.3) is 0 Å². The summed E-state index contributed by atoms with van der Waals surface area (Å²) in [5, 5.41) is 2.72. The van der Waals surface area contributed by atoms with Crippen molar-refractivity contribution in [3.05, 3.63) is 88.8 Å². The highest BCUT2D eigenvalue weighted by molar-refractivity contribution is 5.99. The summed E-state index contributed by atoms with van der Waals surface area (Å²) in [6, 6.07) is 5.71. The van der Waals surface area contributed by atoms with E-state index in [4.69, 9.17) is 0 Å². The number of benzene rings is 1. The monoisotopic (exact) mass is 393 g/mol. The molecule has 0 bridgehead atoms. The molecule has 1 aliphatic carbocycles. The van der Waals surface area contributed by atoms with Crippen molar-refractivity contribution in [2.75, 3.05) is 5.32 Å². The van der Waals surface area contributed by atoms with Gasteiger partial charge in [0.2, 0.25) is 5.91 Å². The van der Waals surface area contributed by atoms with Crippen molar-refractivity contribution >= 4 is 11.6 Å². The molecule has 2 rings (SSSR count). The van der Waals surface area contributed by atoms with Crippen molar-refractivity contribution in [2.24, 2.45) is 5.41 Å². The fraction of sp³-hybridized carbons (Fsp3) is 0.346. The zero-order chi connectivity index (χ0) is 21.4. The van der Waals surface area contributed by atoms with Crippen LogP contribution in [0.2, 0.25) is 0 Å². The highest BCUT2D eigenvalue weighted by Gasteiger charge is 2.26. The summed E-state index contributed by atoms with van der Waals surface area (Å²) >= 11 is 0. The maximum absolute atomic E-state index is 12.9. The molecule has 154 valence electrons. The van der Waals surface area contributed by atoms with Gasteiger partial charge in [-0.15, -0.1) is 0 Å². The Labute approximate surface area is 174 Å². The van der Waals surface area contributed by atoms with Crippen molar-refractivity contribution in [1.82, 2.24) is 0 Å². The van der Waals surface area contributed by atoms with Crippen LogP contribution in [0.5, 0.6) is 0 Å². The van der Waals surface area contributed by atoms with Gasteiger partial charge >= 0.3 is 0 Å². The number of halogens is 1. The predicted octanol–water partition coefficient (Wildman–Crippen LogP) is 7.30. The number of carbonyl (C=O) groups is 1. The Morgan fingerprint density at radius 2 is 1.79 bits per heavy atom. The molecular formula is C26H32FNO. The molecule has 3 heteroatoms. The Kier molecular flexibility index (Phi) is 7.95. The third kappa shape index (κ3) is 7.34. The Balaban J connectivity index is 1.95. The maximum Gasteiger partial charge on any atom is 0.248 e. The molecule has 0 spiro atoms. The molecule has 1 aromatic carbocycles. The van der Waals surface area contributed by atoms with E-state index < -0.39 is 0 Å². The molecular weight excluding hydrogens is 361 g/mol. The molecule has 0 fully saturated rings. The largest absolute Gasteiger partial charge is 0.323 e. The molecule has 0 unspecified atom stereocenters. The van der Waals surface area contributed by atoms with Crippen LogP contribution in [-0.4, -0.2) is 5.91 Å². The lowest BCUT2D eigenvalue weighted by Gasteiger charge is -2.32. The smallest absolute Gasteiger partial charge is 0.248 e. The predicted molar refractivity (Wildman–Crippen MR) is 121 cm³/mol. The summed E-state index contributed by atoms with van der Waals surface area (Å²) in [6.07, 6.45) is 15.5. The second-order valence-electron chi connectivity index (χ2n) is 8.42. The lowest BCUT2D eigenvalue weighted by molar-refractivity contribution is -0.111. The first-order chi connectivity index (χ1) is 13.7. The van der Waals surface area contributed by atoms with E-state index in [0.29, 0.717) is 5.69 Å². The Morgan fingerprint density at radius 1 is 1.10 bits per heavy atom. The number of hydrogen-bond acceptors (Lipinski definition) is 1. The van der Waals surface area contributed by atoms with Crippen LogP contribution < -0.4 is 5.32 Å². The first kappa shape index (κ1) is 22.6. The summed E-state index contributed by atoms with van der Waals surface area (Å²) in [7, 11) is 0. The van der Waals surface area contributed by atoms with Crippen LogP contribution in [0.4, 0.5) is 10.1 Å². The zero-order valence-corrected chi connectivity index (χ0v) is 18.2. The Hall–Kier alpha value is -2.68. The number of hydrogen-bond donors (Lipinski definition) is 1. The molecule has 1 N–H and O–H groups in total. The van der Waals surface area contributed by atoms with Crippen LogP contribution in [-0.2, 0) is 4.79 Å². The van der Waals surface area contributed by atoms with Gasteiger partial charge in [-0.05, 0) is 80.9 Å². The number of nitrogens with one attached hydrogen (secondary N) is 1. The number of carbonyl (C=O) groups excluding carboxylic acids is 1. The van der Waals surface area contributed by atoms with Gasteiger partial charge in [-0.2, -0.15) is 0 Å². The van der Waals surface area contributed by atoms with Crippen molar-refractivity contribution < 1.29 is 9.18 Å². The first-order valence-corrected chi connectivity index (χ1v) is 10.2. The lowest BCUT2D eigenvalue weighted by atomic mass is 9.72. The van der Waals surface area contributed by atoms with E-state index in [9.17, 15) is 9.18 Å². The molecule has 1 aromatic rings. The van der Waals surface area contributed by atoms with Gasteiger partial charge in [0.05, 0.1) is 0 Å². The van der Waals surface area contributed by atoms with Crippen molar-refractivity contribution in [3.8, 4) is 0 Å². The van der Waals surface area contributed by atoms with Gasteiger partial charge < -0.3 is 5.32 Å². The second-order valence-corrected chi connectivity index (χ2v) is 8.42. The van der Waals surface area contributed by atoms with E-state index in [1.54, 1.807) is 0 Å². The molecule has 0 saturated heterocycles. The second kappa shape index (κ2) is 10.2. The van der Waals surface area contributed by atoms with Crippen LogP contribution in [0.15, 0.2) is 83.0 Å². The lowest BCUT2D eigenvalue weighted by Crippen LogP contribution is -2.19. The van der Waals surface area contributed by atoms with E-state index in [2.05, 4.69) is 45.2 Å².